The molecule has 23 heavy (non-hydrogen) atoms. The number of hydrogen-bond donors (Lipinski definition) is 0. The second-order valence-electron chi connectivity index (χ2n) is 4.89. The Hall–Kier alpha value is -3.15. The van der Waals surface area contributed by atoms with Crippen LogP contribution in [0, 0.1) is 10.1 Å². The number of non-ortho nitro benzene ring substituents is 1. The van der Waals surface area contributed by atoms with Crippen molar-refractivity contribution in [1.29, 1.82) is 0 Å². The Morgan fingerprint density at radius 2 is 1.65 bits per heavy atom. The lowest BCUT2D eigenvalue weighted by Crippen LogP contribution is -1.93. The molecule has 3 aromatic rings. The van der Waals surface area contributed by atoms with E-state index >= 15 is 0 Å². The van der Waals surface area contributed by atoms with Crippen LogP contribution in [0.1, 0.15) is 0 Å². The normalized spacial score (nSPS) is 10.5. The van der Waals surface area contributed by atoms with Gasteiger partial charge in [0, 0.05) is 29.8 Å². The van der Waals surface area contributed by atoms with Crippen molar-refractivity contribution in [3.63, 3.8) is 0 Å². The van der Waals surface area contributed by atoms with Crippen LogP contribution in [0.25, 0.3) is 22.0 Å². The Labute approximate surface area is 132 Å². The number of aromatic nitrogens is 1. The summed E-state index contributed by atoms with van der Waals surface area (Å²) >= 11 is 0. The summed E-state index contributed by atoms with van der Waals surface area (Å²) in [5, 5.41) is 11.7. The van der Waals surface area contributed by atoms with Crippen molar-refractivity contribution in [2.45, 2.75) is 0 Å². The van der Waals surface area contributed by atoms with Gasteiger partial charge in [-0.2, -0.15) is 0 Å². The number of hydrogen-bond acceptors (Lipinski definition) is 5. The Morgan fingerprint density at radius 1 is 1.00 bits per heavy atom. The van der Waals surface area contributed by atoms with Crippen molar-refractivity contribution in [3.05, 3.63) is 58.8 Å². The van der Waals surface area contributed by atoms with E-state index in [4.69, 9.17) is 9.47 Å². The third-order valence-corrected chi connectivity index (χ3v) is 3.64. The molecule has 116 valence electrons. The third-order valence-electron chi connectivity index (χ3n) is 3.64. The van der Waals surface area contributed by atoms with E-state index < -0.39 is 4.92 Å². The van der Waals surface area contributed by atoms with Crippen molar-refractivity contribution >= 4 is 16.6 Å². The molecule has 1 heterocycles. The number of pyridine rings is 1. The van der Waals surface area contributed by atoms with Gasteiger partial charge in [0.15, 0.2) is 11.5 Å². The van der Waals surface area contributed by atoms with Crippen LogP contribution in [0.2, 0.25) is 0 Å². The SMILES string of the molecule is COc1cc2nccc(-c3ccc([N+](=O)[O-])cc3)c2cc1OC. The Bertz CT molecular complexity index is 876. The molecule has 6 nitrogen and oxygen atoms in total. The number of fused-ring (bicyclic) bond motifs is 1. The number of nitrogens with zero attached hydrogens (tertiary/aromatic N) is 2. The summed E-state index contributed by atoms with van der Waals surface area (Å²) in [7, 11) is 3.15. The van der Waals surface area contributed by atoms with E-state index in [2.05, 4.69) is 4.98 Å². The van der Waals surface area contributed by atoms with Gasteiger partial charge < -0.3 is 9.47 Å². The van der Waals surface area contributed by atoms with Crippen molar-refractivity contribution in [2.75, 3.05) is 14.2 Å². The number of ether oxygens (including phenoxy) is 2. The first-order valence-corrected chi connectivity index (χ1v) is 6.89. The maximum absolute atomic E-state index is 10.8. The smallest absolute Gasteiger partial charge is 0.269 e. The van der Waals surface area contributed by atoms with Crippen molar-refractivity contribution in [2.24, 2.45) is 0 Å². The van der Waals surface area contributed by atoms with Gasteiger partial charge in [-0.05, 0) is 35.4 Å². The summed E-state index contributed by atoms with van der Waals surface area (Å²) in [6.45, 7) is 0. The van der Waals surface area contributed by atoms with E-state index in [-0.39, 0.29) is 5.69 Å². The average Bonchev–Trinajstić information content (AvgIpc) is 2.60. The predicted octanol–water partition coefficient (Wildman–Crippen LogP) is 3.83. The molecular formula is C17H14N2O4. The molecule has 0 saturated carbocycles. The minimum atomic E-state index is -0.414. The Balaban J connectivity index is 2.19. The van der Waals surface area contributed by atoms with Gasteiger partial charge in [-0.15, -0.1) is 0 Å². The summed E-state index contributed by atoms with van der Waals surface area (Å²) < 4.78 is 10.6. The zero-order valence-electron chi connectivity index (χ0n) is 12.6. The van der Waals surface area contributed by atoms with Crippen LogP contribution < -0.4 is 9.47 Å². The van der Waals surface area contributed by atoms with Gasteiger partial charge in [0.05, 0.1) is 24.7 Å². The van der Waals surface area contributed by atoms with Crippen LogP contribution in [0.15, 0.2) is 48.7 Å². The monoisotopic (exact) mass is 310 g/mol. The van der Waals surface area contributed by atoms with Crippen LogP contribution in [0.5, 0.6) is 11.5 Å². The number of rotatable bonds is 4. The molecule has 0 aliphatic rings. The van der Waals surface area contributed by atoms with Gasteiger partial charge in [0.1, 0.15) is 0 Å². The van der Waals surface area contributed by atoms with Crippen LogP contribution in [0.4, 0.5) is 5.69 Å². The highest BCUT2D eigenvalue weighted by atomic mass is 16.6. The average molecular weight is 310 g/mol. The van der Waals surface area contributed by atoms with E-state index in [1.165, 1.54) is 12.1 Å². The lowest BCUT2D eigenvalue weighted by Gasteiger charge is -2.11. The molecule has 0 fully saturated rings. The molecule has 0 unspecified atom stereocenters. The fourth-order valence-electron chi connectivity index (χ4n) is 2.49. The zero-order valence-corrected chi connectivity index (χ0v) is 12.6. The molecule has 2 aromatic carbocycles. The molecule has 6 heteroatoms. The molecule has 0 radical (unpaired) electrons. The minimum absolute atomic E-state index is 0.0614. The fourth-order valence-corrected chi connectivity index (χ4v) is 2.49. The molecule has 0 aliphatic heterocycles. The van der Waals surface area contributed by atoms with Gasteiger partial charge in [-0.25, -0.2) is 0 Å². The first kappa shape index (κ1) is 14.8. The number of benzene rings is 2. The summed E-state index contributed by atoms with van der Waals surface area (Å²) in [5.74, 6) is 1.21. The Morgan fingerprint density at radius 3 is 2.26 bits per heavy atom. The molecule has 0 spiro atoms. The van der Waals surface area contributed by atoms with Crippen LogP contribution in [-0.2, 0) is 0 Å². The number of nitro groups is 1. The molecule has 0 N–H and O–H groups in total. The standard InChI is InChI=1S/C17H14N2O4/c1-22-16-9-14-13(7-8-18-15(14)10-17(16)23-2)11-3-5-12(6-4-11)19(20)21/h3-10H,1-2H3. The van der Waals surface area contributed by atoms with Crippen molar-refractivity contribution in [1.82, 2.24) is 4.98 Å². The van der Waals surface area contributed by atoms with Crippen molar-refractivity contribution < 1.29 is 14.4 Å². The number of methoxy groups -OCH3 is 2. The minimum Gasteiger partial charge on any atom is -0.493 e. The first-order valence-electron chi connectivity index (χ1n) is 6.89. The van der Waals surface area contributed by atoms with Crippen LogP contribution >= 0.6 is 0 Å². The van der Waals surface area contributed by atoms with Gasteiger partial charge in [0.2, 0.25) is 0 Å². The molecule has 1 aromatic heterocycles. The lowest BCUT2D eigenvalue weighted by atomic mass is 10.0. The van der Waals surface area contributed by atoms with Crippen LogP contribution in [-0.4, -0.2) is 24.1 Å². The van der Waals surface area contributed by atoms with Gasteiger partial charge >= 0.3 is 0 Å². The lowest BCUT2D eigenvalue weighted by molar-refractivity contribution is -0.384. The van der Waals surface area contributed by atoms with E-state index in [1.54, 1.807) is 32.5 Å². The molecule has 0 bridgehead atoms. The fraction of sp³-hybridized carbons (Fsp3) is 0.118. The second-order valence-corrected chi connectivity index (χ2v) is 4.89. The van der Waals surface area contributed by atoms with E-state index in [9.17, 15) is 10.1 Å². The first-order chi connectivity index (χ1) is 11.1. The summed E-state index contributed by atoms with van der Waals surface area (Å²) in [6.07, 6.45) is 1.70. The maximum Gasteiger partial charge on any atom is 0.269 e. The van der Waals surface area contributed by atoms with Gasteiger partial charge in [-0.3, -0.25) is 15.1 Å². The largest absolute Gasteiger partial charge is 0.493 e. The number of nitro benzene ring substituents is 1. The molecule has 0 amide bonds. The molecule has 0 saturated heterocycles. The topological polar surface area (TPSA) is 74.5 Å². The molecular weight excluding hydrogens is 296 g/mol. The molecule has 0 aliphatic carbocycles. The van der Waals surface area contributed by atoms with E-state index in [0.717, 1.165) is 22.0 Å². The van der Waals surface area contributed by atoms with Gasteiger partial charge in [-0.1, -0.05) is 0 Å². The second kappa shape index (κ2) is 5.92. The van der Waals surface area contributed by atoms with Crippen molar-refractivity contribution in [3.8, 4) is 22.6 Å². The summed E-state index contributed by atoms with van der Waals surface area (Å²) in [6, 6.07) is 12.0. The molecule has 0 atom stereocenters. The quantitative estimate of drug-likeness (QED) is 0.541. The Kier molecular flexibility index (Phi) is 3.80. The van der Waals surface area contributed by atoms with Gasteiger partial charge in [0.25, 0.3) is 5.69 Å². The maximum atomic E-state index is 10.8. The zero-order chi connectivity index (χ0) is 16.4. The van der Waals surface area contributed by atoms with E-state index in [0.29, 0.717) is 11.5 Å². The highest BCUT2D eigenvalue weighted by molar-refractivity contribution is 5.96. The summed E-state index contributed by atoms with van der Waals surface area (Å²) in [5.41, 5.74) is 2.62. The van der Waals surface area contributed by atoms with Crippen LogP contribution in [0.3, 0.4) is 0 Å². The summed E-state index contributed by atoms with van der Waals surface area (Å²) in [4.78, 5) is 14.7. The third kappa shape index (κ3) is 2.66. The van der Waals surface area contributed by atoms with E-state index in [1.807, 2.05) is 18.2 Å². The highest BCUT2D eigenvalue weighted by Crippen LogP contribution is 2.36. The highest BCUT2D eigenvalue weighted by Gasteiger charge is 2.12. The molecule has 3 rings (SSSR count). The predicted molar refractivity (Wildman–Crippen MR) is 86.9 cm³/mol.